The molecule has 1 N–H and O–H groups in total. The number of hydrogen-bond acceptors (Lipinski definition) is 8. The molecular weight excluding hydrogens is 330 g/mol. The first-order chi connectivity index (χ1) is 11.5. The quantitative estimate of drug-likeness (QED) is 0.757. The Morgan fingerprint density at radius 3 is 2.38 bits per heavy atom. The molecule has 3 aromatic rings. The van der Waals surface area contributed by atoms with E-state index >= 15 is 0 Å². The molecule has 24 heavy (non-hydrogen) atoms. The minimum Gasteiger partial charge on any atom is -0.506 e. The van der Waals surface area contributed by atoms with Crippen molar-refractivity contribution in [3.8, 4) is 28.8 Å². The van der Waals surface area contributed by atoms with Gasteiger partial charge < -0.3 is 5.11 Å². The Balaban J connectivity index is 2.23. The maximum Gasteiger partial charge on any atom is 0.198 e. The molecule has 0 spiro atoms. The van der Waals surface area contributed by atoms with Gasteiger partial charge in [0.05, 0.1) is 23.8 Å². The van der Waals surface area contributed by atoms with Crippen LogP contribution in [0.15, 0.2) is 47.9 Å². The van der Waals surface area contributed by atoms with Gasteiger partial charge in [-0.25, -0.2) is 28.4 Å². The third-order valence-corrected chi connectivity index (χ3v) is 4.96. The van der Waals surface area contributed by atoms with Gasteiger partial charge in [0.2, 0.25) is 0 Å². The molecule has 0 radical (unpaired) electrons. The molecule has 0 aliphatic carbocycles. The molecule has 3 rings (SSSR count). The van der Waals surface area contributed by atoms with Gasteiger partial charge >= 0.3 is 0 Å². The first kappa shape index (κ1) is 15.9. The molecule has 3 heterocycles. The van der Waals surface area contributed by atoms with E-state index in [1.54, 1.807) is 18.5 Å². The zero-order chi connectivity index (χ0) is 17.2. The van der Waals surface area contributed by atoms with Crippen LogP contribution >= 0.6 is 0 Å². The van der Waals surface area contributed by atoms with Crippen LogP contribution in [0.25, 0.3) is 23.0 Å². The third kappa shape index (κ3) is 3.06. The van der Waals surface area contributed by atoms with Crippen LogP contribution in [0.4, 0.5) is 0 Å². The standard InChI is InChI=1S/C15H13N5O3S/c1-2-24(22,23)12-9-19-15(14-16-6-3-7-17-14)20-13(12)11-5-4-10(21)8-18-11/h3-9,21H,2H2,1H3. The number of sulfone groups is 1. The summed E-state index contributed by atoms with van der Waals surface area (Å²) in [6.45, 7) is 1.54. The summed E-state index contributed by atoms with van der Waals surface area (Å²) in [4.78, 5) is 20.5. The third-order valence-electron chi connectivity index (χ3n) is 3.23. The minimum absolute atomic E-state index is 0.0251. The Labute approximate surface area is 138 Å². The zero-order valence-electron chi connectivity index (χ0n) is 12.7. The fourth-order valence-electron chi connectivity index (χ4n) is 1.99. The van der Waals surface area contributed by atoms with Gasteiger partial charge in [-0.15, -0.1) is 0 Å². The average Bonchev–Trinajstić information content (AvgIpc) is 2.62. The molecule has 0 aromatic carbocycles. The molecule has 8 nitrogen and oxygen atoms in total. The number of aromatic nitrogens is 5. The van der Waals surface area contributed by atoms with E-state index in [0.717, 1.165) is 0 Å². The summed E-state index contributed by atoms with van der Waals surface area (Å²) in [6, 6.07) is 4.55. The van der Waals surface area contributed by atoms with Crippen LogP contribution in [-0.4, -0.2) is 44.2 Å². The molecule has 0 bridgehead atoms. The number of rotatable bonds is 4. The lowest BCUT2D eigenvalue weighted by Gasteiger charge is -2.09. The molecule has 0 unspecified atom stereocenters. The van der Waals surface area contributed by atoms with Crippen LogP contribution in [-0.2, 0) is 9.84 Å². The van der Waals surface area contributed by atoms with E-state index in [0.29, 0.717) is 5.69 Å². The van der Waals surface area contributed by atoms with Gasteiger partial charge in [0, 0.05) is 12.4 Å². The second-order valence-electron chi connectivity index (χ2n) is 4.78. The van der Waals surface area contributed by atoms with Crippen molar-refractivity contribution in [1.82, 2.24) is 24.9 Å². The van der Waals surface area contributed by atoms with Gasteiger partial charge in [-0.2, -0.15) is 0 Å². The monoisotopic (exact) mass is 343 g/mol. The van der Waals surface area contributed by atoms with Crippen molar-refractivity contribution >= 4 is 9.84 Å². The molecule has 9 heteroatoms. The molecular formula is C15H13N5O3S. The highest BCUT2D eigenvalue weighted by Crippen LogP contribution is 2.26. The lowest BCUT2D eigenvalue weighted by atomic mass is 10.2. The van der Waals surface area contributed by atoms with Gasteiger partial charge in [-0.3, -0.25) is 4.98 Å². The molecule has 0 saturated heterocycles. The molecule has 0 fully saturated rings. The van der Waals surface area contributed by atoms with Crippen LogP contribution in [0, 0.1) is 0 Å². The van der Waals surface area contributed by atoms with Gasteiger partial charge in [-0.1, -0.05) is 6.92 Å². The van der Waals surface area contributed by atoms with Crippen LogP contribution in [0.5, 0.6) is 5.75 Å². The van der Waals surface area contributed by atoms with E-state index < -0.39 is 9.84 Å². The minimum atomic E-state index is -3.55. The molecule has 0 saturated carbocycles. The second kappa shape index (κ2) is 6.28. The average molecular weight is 343 g/mol. The van der Waals surface area contributed by atoms with Crippen molar-refractivity contribution < 1.29 is 13.5 Å². The topological polar surface area (TPSA) is 119 Å². The van der Waals surface area contributed by atoms with Crippen molar-refractivity contribution in [2.24, 2.45) is 0 Å². The van der Waals surface area contributed by atoms with E-state index in [-0.39, 0.29) is 33.7 Å². The fourth-order valence-corrected chi connectivity index (χ4v) is 2.95. The lowest BCUT2D eigenvalue weighted by molar-refractivity contribution is 0.473. The van der Waals surface area contributed by atoms with Gasteiger partial charge in [0.25, 0.3) is 0 Å². The number of hydrogen-bond donors (Lipinski definition) is 1. The lowest BCUT2D eigenvalue weighted by Crippen LogP contribution is -2.09. The Morgan fingerprint density at radius 2 is 1.75 bits per heavy atom. The maximum absolute atomic E-state index is 12.3. The molecule has 122 valence electrons. The maximum atomic E-state index is 12.3. The summed E-state index contributed by atoms with van der Waals surface area (Å²) >= 11 is 0. The predicted octanol–water partition coefficient (Wildman–Crippen LogP) is 1.49. The Bertz CT molecular complexity index is 960. The van der Waals surface area contributed by atoms with Crippen molar-refractivity contribution in [2.75, 3.05) is 5.75 Å². The van der Waals surface area contributed by atoms with Crippen molar-refractivity contribution in [1.29, 1.82) is 0 Å². The van der Waals surface area contributed by atoms with Crippen molar-refractivity contribution in [2.45, 2.75) is 11.8 Å². The van der Waals surface area contributed by atoms with Crippen LogP contribution in [0.1, 0.15) is 6.92 Å². The Kier molecular flexibility index (Phi) is 4.17. The fraction of sp³-hybridized carbons (Fsp3) is 0.133. The van der Waals surface area contributed by atoms with E-state index in [2.05, 4.69) is 24.9 Å². The van der Waals surface area contributed by atoms with Crippen LogP contribution in [0.2, 0.25) is 0 Å². The molecule has 0 aliphatic heterocycles. The molecule has 3 aromatic heterocycles. The normalized spacial score (nSPS) is 11.4. The largest absolute Gasteiger partial charge is 0.506 e. The SMILES string of the molecule is CCS(=O)(=O)c1cnc(-c2ncccn2)nc1-c1ccc(O)cn1. The Hall–Kier alpha value is -2.94. The highest BCUT2D eigenvalue weighted by molar-refractivity contribution is 7.91. The van der Waals surface area contributed by atoms with E-state index in [4.69, 9.17) is 0 Å². The van der Waals surface area contributed by atoms with Crippen LogP contribution < -0.4 is 0 Å². The zero-order valence-corrected chi connectivity index (χ0v) is 13.5. The van der Waals surface area contributed by atoms with Crippen molar-refractivity contribution in [3.05, 3.63) is 43.0 Å². The van der Waals surface area contributed by atoms with E-state index in [9.17, 15) is 13.5 Å². The number of aromatic hydroxyl groups is 1. The first-order valence-electron chi connectivity index (χ1n) is 7.04. The summed E-state index contributed by atoms with van der Waals surface area (Å²) in [6.07, 6.45) is 5.54. The van der Waals surface area contributed by atoms with E-state index in [1.165, 1.54) is 31.5 Å². The van der Waals surface area contributed by atoms with Crippen LogP contribution in [0.3, 0.4) is 0 Å². The number of nitrogens with zero attached hydrogens (tertiary/aromatic N) is 5. The summed E-state index contributed by atoms with van der Waals surface area (Å²) in [5.74, 6) is 0.343. The van der Waals surface area contributed by atoms with Gasteiger partial charge in [-0.05, 0) is 18.2 Å². The first-order valence-corrected chi connectivity index (χ1v) is 8.69. The Morgan fingerprint density at radius 1 is 1.00 bits per heavy atom. The second-order valence-corrected chi connectivity index (χ2v) is 7.03. The summed E-state index contributed by atoms with van der Waals surface area (Å²) in [5.41, 5.74) is 0.453. The smallest absolute Gasteiger partial charge is 0.198 e. The highest BCUT2D eigenvalue weighted by Gasteiger charge is 2.22. The number of pyridine rings is 1. The molecule has 0 aliphatic rings. The van der Waals surface area contributed by atoms with Gasteiger partial charge in [0.15, 0.2) is 21.5 Å². The molecule has 0 amide bonds. The summed E-state index contributed by atoms with van der Waals surface area (Å²) < 4.78 is 24.6. The van der Waals surface area contributed by atoms with E-state index in [1.807, 2.05) is 0 Å². The highest BCUT2D eigenvalue weighted by atomic mass is 32.2. The predicted molar refractivity (Wildman–Crippen MR) is 85.7 cm³/mol. The van der Waals surface area contributed by atoms with Crippen molar-refractivity contribution in [3.63, 3.8) is 0 Å². The van der Waals surface area contributed by atoms with Gasteiger partial charge in [0.1, 0.15) is 16.3 Å². The summed E-state index contributed by atoms with van der Waals surface area (Å²) in [7, 11) is -3.55. The summed E-state index contributed by atoms with van der Waals surface area (Å²) in [5, 5.41) is 9.38. The molecule has 0 atom stereocenters.